The molecule has 0 spiro atoms. The van der Waals surface area contributed by atoms with E-state index in [1.165, 1.54) is 6.42 Å². The van der Waals surface area contributed by atoms with Crippen LogP contribution in [0.2, 0.25) is 0 Å². The predicted octanol–water partition coefficient (Wildman–Crippen LogP) is 3.67. The van der Waals surface area contributed by atoms with Crippen LogP contribution in [0.1, 0.15) is 48.0 Å². The zero-order valence-electron chi connectivity index (χ0n) is 8.28. The van der Waals surface area contributed by atoms with E-state index in [9.17, 15) is 0 Å². The first kappa shape index (κ1) is 10.0. The van der Waals surface area contributed by atoms with E-state index in [0.29, 0.717) is 5.41 Å². The summed E-state index contributed by atoms with van der Waals surface area (Å²) < 4.78 is 0. The van der Waals surface area contributed by atoms with Gasteiger partial charge in [0.2, 0.25) is 0 Å². The highest BCUT2D eigenvalue weighted by Gasteiger charge is 2.20. The van der Waals surface area contributed by atoms with Crippen molar-refractivity contribution in [2.75, 3.05) is 0 Å². The molecule has 0 bridgehead atoms. The molecule has 0 N–H and O–H groups in total. The van der Waals surface area contributed by atoms with Gasteiger partial charge < -0.3 is 0 Å². The normalized spacial score (nSPS) is 13.2. The second-order valence-corrected chi connectivity index (χ2v) is 4.63. The van der Waals surface area contributed by atoms with E-state index in [0.717, 1.165) is 5.92 Å². The van der Waals surface area contributed by atoms with E-state index >= 15 is 0 Å². The van der Waals surface area contributed by atoms with Crippen molar-refractivity contribution in [1.29, 1.82) is 0 Å². The smallest absolute Gasteiger partial charge is 0.0216 e. The predicted molar refractivity (Wildman–Crippen MR) is 47.8 cm³/mol. The molecule has 0 heteroatoms. The minimum atomic E-state index is 0.407. The quantitative estimate of drug-likeness (QED) is 0.550. The summed E-state index contributed by atoms with van der Waals surface area (Å²) in [4.78, 5) is 0. The van der Waals surface area contributed by atoms with Gasteiger partial charge in [0.1, 0.15) is 0 Å². The average Bonchev–Trinajstić information content (AvgIpc) is 1.60. The fourth-order valence-corrected chi connectivity index (χ4v) is 0.919. The molecule has 0 aromatic rings. The highest BCUT2D eigenvalue weighted by Crippen LogP contribution is 2.32. The topological polar surface area (TPSA) is 0 Å². The largest absolute Gasteiger partial charge is 0.0628 e. The molecule has 0 saturated heterocycles. The lowest BCUT2D eigenvalue weighted by Gasteiger charge is -2.27. The molecule has 0 aliphatic heterocycles. The zero-order valence-corrected chi connectivity index (χ0v) is 8.28. The monoisotopic (exact) mass is 141 g/mol. The summed E-state index contributed by atoms with van der Waals surface area (Å²) in [7, 11) is 0. The first-order chi connectivity index (χ1) is 4.34. The Morgan fingerprint density at radius 1 is 1.20 bits per heavy atom. The highest BCUT2D eigenvalue weighted by molar-refractivity contribution is 4.96. The lowest BCUT2D eigenvalue weighted by Crippen LogP contribution is -2.16. The van der Waals surface area contributed by atoms with Gasteiger partial charge in [-0.15, -0.1) is 0 Å². The van der Waals surface area contributed by atoms with Crippen LogP contribution in [0.5, 0.6) is 0 Å². The SMILES string of the molecule is C[C](CC(C)C)C(C)(C)C. The van der Waals surface area contributed by atoms with Crippen molar-refractivity contribution < 1.29 is 0 Å². The Bertz CT molecular complexity index is 84.7. The zero-order chi connectivity index (χ0) is 8.36. The van der Waals surface area contributed by atoms with Crippen molar-refractivity contribution in [2.24, 2.45) is 11.3 Å². The summed E-state index contributed by atoms with van der Waals surface area (Å²) in [6, 6.07) is 0. The van der Waals surface area contributed by atoms with Crippen molar-refractivity contribution in [1.82, 2.24) is 0 Å². The third-order valence-electron chi connectivity index (χ3n) is 1.99. The van der Waals surface area contributed by atoms with Gasteiger partial charge in [0.05, 0.1) is 0 Å². The standard InChI is InChI=1S/C10H21/c1-8(2)7-9(3)10(4,5)6/h8H,7H2,1-6H3. The van der Waals surface area contributed by atoms with E-state index in [2.05, 4.69) is 41.5 Å². The van der Waals surface area contributed by atoms with E-state index < -0.39 is 0 Å². The fourth-order valence-electron chi connectivity index (χ4n) is 0.919. The van der Waals surface area contributed by atoms with Crippen LogP contribution in [-0.4, -0.2) is 0 Å². The second-order valence-electron chi connectivity index (χ2n) is 4.63. The molecule has 0 aromatic heterocycles. The summed E-state index contributed by atoms with van der Waals surface area (Å²) in [5, 5.41) is 0. The summed E-state index contributed by atoms with van der Waals surface area (Å²) >= 11 is 0. The summed E-state index contributed by atoms with van der Waals surface area (Å²) in [5.41, 5.74) is 0.407. The van der Waals surface area contributed by atoms with E-state index in [1.807, 2.05) is 0 Å². The molecule has 0 amide bonds. The Morgan fingerprint density at radius 2 is 1.60 bits per heavy atom. The molecule has 0 heterocycles. The van der Waals surface area contributed by atoms with Gasteiger partial charge in [0.25, 0.3) is 0 Å². The van der Waals surface area contributed by atoms with Crippen molar-refractivity contribution in [3.63, 3.8) is 0 Å². The first-order valence-electron chi connectivity index (χ1n) is 4.17. The van der Waals surface area contributed by atoms with Crippen LogP contribution in [0, 0.1) is 17.3 Å². The van der Waals surface area contributed by atoms with Crippen LogP contribution in [0.15, 0.2) is 0 Å². The van der Waals surface area contributed by atoms with Gasteiger partial charge >= 0.3 is 0 Å². The van der Waals surface area contributed by atoms with Crippen LogP contribution in [-0.2, 0) is 0 Å². The minimum Gasteiger partial charge on any atom is -0.0628 e. The molecule has 0 aromatic carbocycles. The van der Waals surface area contributed by atoms with E-state index in [1.54, 1.807) is 5.92 Å². The third-order valence-corrected chi connectivity index (χ3v) is 1.99. The summed E-state index contributed by atoms with van der Waals surface area (Å²) in [5.74, 6) is 2.42. The van der Waals surface area contributed by atoms with Crippen molar-refractivity contribution in [2.45, 2.75) is 48.0 Å². The Labute approximate surface area is 66.0 Å². The molecule has 10 heavy (non-hydrogen) atoms. The molecule has 0 fully saturated rings. The van der Waals surface area contributed by atoms with E-state index in [4.69, 9.17) is 0 Å². The lowest BCUT2D eigenvalue weighted by atomic mass is 9.78. The van der Waals surface area contributed by atoms with Gasteiger partial charge in [-0.05, 0) is 23.7 Å². The van der Waals surface area contributed by atoms with Crippen LogP contribution in [0.3, 0.4) is 0 Å². The molecule has 0 aliphatic rings. The summed E-state index contributed by atoms with van der Waals surface area (Å²) in [6.45, 7) is 13.7. The third kappa shape index (κ3) is 3.92. The maximum absolute atomic E-state index is 2.28. The maximum Gasteiger partial charge on any atom is -0.0216 e. The Kier molecular flexibility index (Phi) is 3.41. The number of hydrogen-bond acceptors (Lipinski definition) is 0. The highest BCUT2D eigenvalue weighted by atomic mass is 14.3. The van der Waals surface area contributed by atoms with Gasteiger partial charge in [-0.2, -0.15) is 0 Å². The molecular weight excluding hydrogens is 120 g/mol. The second kappa shape index (κ2) is 3.41. The molecule has 0 nitrogen and oxygen atoms in total. The molecule has 0 atom stereocenters. The number of hydrogen-bond donors (Lipinski definition) is 0. The van der Waals surface area contributed by atoms with E-state index in [-0.39, 0.29) is 0 Å². The Hall–Kier alpha value is 0. The maximum atomic E-state index is 2.28. The van der Waals surface area contributed by atoms with Crippen LogP contribution in [0.4, 0.5) is 0 Å². The van der Waals surface area contributed by atoms with Crippen molar-refractivity contribution in [3.05, 3.63) is 5.92 Å². The van der Waals surface area contributed by atoms with Crippen LogP contribution < -0.4 is 0 Å². The van der Waals surface area contributed by atoms with Crippen molar-refractivity contribution in [3.8, 4) is 0 Å². The molecule has 0 unspecified atom stereocenters. The van der Waals surface area contributed by atoms with Crippen LogP contribution >= 0.6 is 0 Å². The van der Waals surface area contributed by atoms with Crippen molar-refractivity contribution >= 4 is 0 Å². The van der Waals surface area contributed by atoms with Gasteiger partial charge in [-0.1, -0.05) is 41.5 Å². The molecule has 61 valence electrons. The van der Waals surface area contributed by atoms with Gasteiger partial charge in [-0.25, -0.2) is 0 Å². The molecule has 0 saturated carbocycles. The number of rotatable bonds is 2. The first-order valence-corrected chi connectivity index (χ1v) is 4.17. The summed E-state index contributed by atoms with van der Waals surface area (Å²) in [6.07, 6.45) is 1.27. The van der Waals surface area contributed by atoms with Gasteiger partial charge in [0.15, 0.2) is 0 Å². The van der Waals surface area contributed by atoms with Gasteiger partial charge in [-0.3, -0.25) is 0 Å². The molecule has 0 aliphatic carbocycles. The fraction of sp³-hybridized carbons (Fsp3) is 0.900. The molecule has 1 radical (unpaired) electrons. The average molecular weight is 141 g/mol. The molecule has 0 rings (SSSR count). The molecular formula is C10H21. The minimum absolute atomic E-state index is 0.407. The Balaban J connectivity index is 3.73. The van der Waals surface area contributed by atoms with Crippen LogP contribution in [0.25, 0.3) is 0 Å². The lowest BCUT2D eigenvalue weighted by molar-refractivity contribution is 0.383. The Morgan fingerprint density at radius 3 is 1.70 bits per heavy atom. The van der Waals surface area contributed by atoms with Gasteiger partial charge in [0, 0.05) is 0 Å².